The maximum absolute atomic E-state index is 12.2. The molecule has 5 nitrogen and oxygen atoms in total. The predicted octanol–water partition coefficient (Wildman–Crippen LogP) is 2.10. The van der Waals surface area contributed by atoms with Crippen molar-refractivity contribution in [2.75, 3.05) is 17.8 Å². The average molecular weight is 311 g/mol. The molecular weight excluding hydrogens is 294 g/mol. The van der Waals surface area contributed by atoms with Crippen molar-refractivity contribution in [1.29, 1.82) is 0 Å². The Morgan fingerprint density at radius 1 is 1.25 bits per heavy atom. The Bertz CT molecular complexity index is 639. The lowest BCUT2D eigenvalue weighted by Crippen LogP contribution is -2.15. The highest BCUT2D eigenvalue weighted by atomic mass is 32.2. The van der Waals surface area contributed by atoms with E-state index < -0.39 is 10.0 Å². The lowest BCUT2D eigenvalue weighted by atomic mass is 10.3. The number of thiophene rings is 1. The van der Waals surface area contributed by atoms with Crippen LogP contribution in [0.2, 0.25) is 0 Å². The minimum atomic E-state index is -3.54. The van der Waals surface area contributed by atoms with E-state index in [0.717, 1.165) is 24.4 Å². The van der Waals surface area contributed by atoms with Crippen LogP contribution < -0.4 is 10.0 Å². The van der Waals surface area contributed by atoms with Crippen molar-refractivity contribution in [3.8, 4) is 0 Å². The number of pyridine rings is 1. The average Bonchev–Trinajstić information content (AvgIpc) is 2.89. The number of nitrogens with zero attached hydrogens (tertiary/aromatic N) is 1. The van der Waals surface area contributed by atoms with Gasteiger partial charge in [-0.1, -0.05) is 13.0 Å². The Labute approximate surface area is 123 Å². The number of aromatic nitrogens is 1. The van der Waals surface area contributed by atoms with Gasteiger partial charge in [-0.25, -0.2) is 13.4 Å². The van der Waals surface area contributed by atoms with E-state index in [1.54, 1.807) is 30.5 Å². The zero-order valence-electron chi connectivity index (χ0n) is 11.2. The van der Waals surface area contributed by atoms with Gasteiger partial charge in [0.25, 0.3) is 10.0 Å². The van der Waals surface area contributed by atoms with Crippen LogP contribution in [0.15, 0.2) is 40.7 Å². The van der Waals surface area contributed by atoms with E-state index in [1.807, 2.05) is 13.0 Å². The standard InChI is InChI=1S/C13H17N3O2S2/c1-2-14-10-8-11-6-7-13(19-11)20(17,18)16-12-5-3-4-9-15-12/h3-7,9,14H,2,8,10H2,1H3,(H,15,16). The molecule has 0 fully saturated rings. The number of anilines is 1. The molecule has 20 heavy (non-hydrogen) atoms. The van der Waals surface area contributed by atoms with E-state index in [4.69, 9.17) is 0 Å². The summed E-state index contributed by atoms with van der Waals surface area (Å²) in [6.07, 6.45) is 2.38. The summed E-state index contributed by atoms with van der Waals surface area (Å²) in [6, 6.07) is 8.59. The third kappa shape index (κ3) is 4.03. The van der Waals surface area contributed by atoms with E-state index in [-0.39, 0.29) is 0 Å². The molecule has 0 unspecified atom stereocenters. The second-order valence-electron chi connectivity index (χ2n) is 4.14. The largest absolute Gasteiger partial charge is 0.317 e. The first-order valence-corrected chi connectivity index (χ1v) is 8.65. The zero-order valence-corrected chi connectivity index (χ0v) is 12.8. The van der Waals surface area contributed by atoms with Crippen LogP contribution in [0, 0.1) is 0 Å². The number of nitrogens with one attached hydrogen (secondary N) is 2. The van der Waals surface area contributed by atoms with Gasteiger partial charge in [0.2, 0.25) is 0 Å². The van der Waals surface area contributed by atoms with Crippen LogP contribution in [0.25, 0.3) is 0 Å². The van der Waals surface area contributed by atoms with Gasteiger partial charge in [0, 0.05) is 11.1 Å². The highest BCUT2D eigenvalue weighted by Crippen LogP contribution is 2.23. The Morgan fingerprint density at radius 3 is 2.80 bits per heavy atom. The summed E-state index contributed by atoms with van der Waals surface area (Å²) in [5, 5.41) is 3.22. The smallest absolute Gasteiger partial charge is 0.272 e. The molecule has 0 aliphatic carbocycles. The van der Waals surface area contributed by atoms with E-state index >= 15 is 0 Å². The van der Waals surface area contributed by atoms with Gasteiger partial charge < -0.3 is 5.32 Å². The quantitative estimate of drug-likeness (QED) is 0.768. The number of hydrogen-bond donors (Lipinski definition) is 2. The first-order valence-electron chi connectivity index (χ1n) is 6.35. The van der Waals surface area contributed by atoms with Crippen molar-refractivity contribution >= 4 is 27.2 Å². The molecule has 0 saturated carbocycles. The van der Waals surface area contributed by atoms with Crippen molar-refractivity contribution in [2.45, 2.75) is 17.6 Å². The Kier molecular flexibility index (Phi) is 5.11. The van der Waals surface area contributed by atoms with Gasteiger partial charge in [-0.05, 0) is 43.8 Å². The number of rotatable bonds is 7. The van der Waals surface area contributed by atoms with Gasteiger partial charge in [-0.2, -0.15) is 0 Å². The topological polar surface area (TPSA) is 71.1 Å². The molecule has 0 bridgehead atoms. The Morgan fingerprint density at radius 2 is 2.10 bits per heavy atom. The summed E-state index contributed by atoms with van der Waals surface area (Å²) in [5.74, 6) is 0.329. The number of sulfonamides is 1. The fourth-order valence-electron chi connectivity index (χ4n) is 1.64. The van der Waals surface area contributed by atoms with Crippen LogP contribution in [0.1, 0.15) is 11.8 Å². The first-order chi connectivity index (χ1) is 9.62. The normalized spacial score (nSPS) is 11.4. The van der Waals surface area contributed by atoms with Crippen molar-refractivity contribution in [2.24, 2.45) is 0 Å². The summed E-state index contributed by atoms with van der Waals surface area (Å²) in [6.45, 7) is 3.81. The third-order valence-corrected chi connectivity index (χ3v) is 5.60. The van der Waals surface area contributed by atoms with Gasteiger partial charge in [-0.3, -0.25) is 4.72 Å². The lowest BCUT2D eigenvalue weighted by Gasteiger charge is -2.04. The summed E-state index contributed by atoms with van der Waals surface area (Å²) >= 11 is 1.29. The minimum Gasteiger partial charge on any atom is -0.317 e. The van der Waals surface area contributed by atoms with Gasteiger partial charge in [0.05, 0.1) is 0 Å². The zero-order chi connectivity index (χ0) is 14.4. The molecule has 0 aromatic carbocycles. The third-order valence-electron chi connectivity index (χ3n) is 2.60. The van der Waals surface area contributed by atoms with Gasteiger partial charge in [0.1, 0.15) is 10.0 Å². The molecular formula is C13H17N3O2S2. The van der Waals surface area contributed by atoms with E-state index in [2.05, 4.69) is 15.0 Å². The van der Waals surface area contributed by atoms with E-state index in [1.165, 1.54) is 11.3 Å². The molecule has 0 aliphatic heterocycles. The molecule has 2 N–H and O–H groups in total. The van der Waals surface area contributed by atoms with Crippen molar-refractivity contribution in [1.82, 2.24) is 10.3 Å². The number of hydrogen-bond acceptors (Lipinski definition) is 5. The second-order valence-corrected chi connectivity index (χ2v) is 7.22. The van der Waals surface area contributed by atoms with Crippen LogP contribution in [0.5, 0.6) is 0 Å². The predicted molar refractivity (Wildman–Crippen MR) is 81.6 cm³/mol. The lowest BCUT2D eigenvalue weighted by molar-refractivity contribution is 0.603. The minimum absolute atomic E-state index is 0.314. The number of likely N-dealkylation sites (N-methyl/N-ethyl adjacent to an activating group) is 1. The van der Waals surface area contributed by atoms with Gasteiger partial charge in [-0.15, -0.1) is 11.3 Å². The fourth-order valence-corrected chi connectivity index (χ4v) is 4.00. The molecule has 0 spiro atoms. The Balaban J connectivity index is 2.06. The van der Waals surface area contributed by atoms with Gasteiger partial charge >= 0.3 is 0 Å². The maximum Gasteiger partial charge on any atom is 0.272 e. The maximum atomic E-state index is 12.2. The van der Waals surface area contributed by atoms with Crippen molar-refractivity contribution in [3.63, 3.8) is 0 Å². The summed E-state index contributed by atoms with van der Waals surface area (Å²) < 4.78 is 27.2. The molecule has 108 valence electrons. The fraction of sp³-hybridized carbons (Fsp3) is 0.308. The molecule has 0 atom stereocenters. The Hall–Kier alpha value is -1.44. The highest BCUT2D eigenvalue weighted by molar-refractivity contribution is 7.94. The highest BCUT2D eigenvalue weighted by Gasteiger charge is 2.17. The summed E-state index contributed by atoms with van der Waals surface area (Å²) in [7, 11) is -3.54. The van der Waals surface area contributed by atoms with Crippen LogP contribution in [-0.4, -0.2) is 26.5 Å². The summed E-state index contributed by atoms with van der Waals surface area (Å²) in [4.78, 5) is 5.01. The van der Waals surface area contributed by atoms with Crippen LogP contribution in [-0.2, 0) is 16.4 Å². The molecule has 0 radical (unpaired) electrons. The molecule has 7 heteroatoms. The van der Waals surface area contributed by atoms with E-state index in [9.17, 15) is 8.42 Å². The molecule has 0 aliphatic rings. The molecule has 2 aromatic heterocycles. The summed E-state index contributed by atoms with van der Waals surface area (Å²) in [5.41, 5.74) is 0. The second kappa shape index (κ2) is 6.83. The van der Waals surface area contributed by atoms with Crippen LogP contribution >= 0.6 is 11.3 Å². The molecule has 2 aromatic rings. The molecule has 2 rings (SSSR count). The van der Waals surface area contributed by atoms with Crippen molar-refractivity contribution < 1.29 is 8.42 Å². The van der Waals surface area contributed by atoms with Gasteiger partial charge in [0.15, 0.2) is 0 Å². The molecule has 0 amide bonds. The van der Waals surface area contributed by atoms with Crippen LogP contribution in [0.3, 0.4) is 0 Å². The SMILES string of the molecule is CCNCCc1ccc(S(=O)(=O)Nc2ccccn2)s1. The monoisotopic (exact) mass is 311 g/mol. The molecule has 2 heterocycles. The van der Waals surface area contributed by atoms with E-state index in [0.29, 0.717) is 10.0 Å². The van der Waals surface area contributed by atoms with Crippen LogP contribution in [0.4, 0.5) is 5.82 Å². The molecule has 0 saturated heterocycles. The van der Waals surface area contributed by atoms with Crippen molar-refractivity contribution in [3.05, 3.63) is 41.4 Å². The first kappa shape index (κ1) is 15.0.